The van der Waals surface area contributed by atoms with E-state index in [2.05, 4.69) is 149 Å². The number of hydrogen-bond acceptors (Lipinski definition) is 23. The molecule has 2 atom stereocenters. The van der Waals surface area contributed by atoms with Gasteiger partial charge in [0.05, 0.1) is 49.1 Å². The molecule has 12 heterocycles. The molecule has 0 spiro atoms. The molecule has 2 unspecified atom stereocenters. The normalized spacial score (nSPS) is 13.6. The predicted octanol–water partition coefficient (Wildman–Crippen LogP) is 17.7. The van der Waals surface area contributed by atoms with Crippen LogP contribution in [0.4, 0.5) is 0 Å². The Morgan fingerprint density at radius 3 is 1.27 bits per heavy atom. The Balaban J connectivity index is -0.0000000814. The number of aliphatic imine (C=N–C) groups is 4. The fraction of sp³-hybridized carbons (Fsp3) is 0.681. The van der Waals surface area contributed by atoms with Crippen LogP contribution in [0.1, 0.15) is 247 Å². The van der Waals surface area contributed by atoms with Crippen LogP contribution in [0.2, 0.25) is 0 Å². The van der Waals surface area contributed by atoms with E-state index in [1.54, 1.807) is 44.1 Å². The van der Waals surface area contributed by atoms with Gasteiger partial charge in [-0.3, -0.25) is 20.0 Å². The maximum atomic E-state index is 4.23. The summed E-state index contributed by atoms with van der Waals surface area (Å²) in [5, 5.41) is 42.0. The van der Waals surface area contributed by atoms with Gasteiger partial charge in [-0.25, -0.2) is 29.9 Å². The molecule has 0 fully saturated rings. The first-order valence-electron chi connectivity index (χ1n) is 35.7. The Morgan fingerprint density at radius 2 is 1.10 bits per heavy atom. The van der Waals surface area contributed by atoms with Crippen molar-refractivity contribution in [3.63, 3.8) is 0 Å². The molecule has 0 aliphatic carbocycles. The van der Waals surface area contributed by atoms with Crippen molar-refractivity contribution in [2.45, 2.75) is 253 Å². The van der Waals surface area contributed by atoms with Crippen molar-refractivity contribution in [1.82, 2.24) is 80.6 Å². The number of rotatable bonds is 0. The van der Waals surface area contributed by atoms with Crippen LogP contribution in [0.3, 0.4) is 0 Å². The van der Waals surface area contributed by atoms with E-state index < -0.39 is 0 Å². The van der Waals surface area contributed by atoms with E-state index >= 15 is 0 Å². The Labute approximate surface area is 657 Å². The molecule has 25 nitrogen and oxygen atoms in total. The van der Waals surface area contributed by atoms with E-state index in [-0.39, 0.29) is 65.4 Å². The molecular weight excluding hydrogens is 1390 g/mol. The van der Waals surface area contributed by atoms with Gasteiger partial charge >= 0.3 is 0 Å². The molecule has 0 amide bonds. The van der Waals surface area contributed by atoms with Crippen LogP contribution in [0.5, 0.6) is 0 Å². The minimum atomic E-state index is 0. The summed E-state index contributed by atoms with van der Waals surface area (Å²) in [6, 6.07) is 1.91. The van der Waals surface area contributed by atoms with Gasteiger partial charge < -0.3 is 31.0 Å². The summed E-state index contributed by atoms with van der Waals surface area (Å²) in [5.41, 5.74) is 14.2. The standard InChI is InChI=1S/C6H11N.C5H6N2.C5H9N.4C4H5N3.C4H7N2.2C4H8N2.C4H7N2.C4H7N.10C2H6.2Y/c1-5-3-6(2)7-4-5;1-5-2-3-6-7-4-5;1-5-3-2-4-6-5;1-4-6-2-5-3-7-4;1-4-2-6-7-3-5-4;1-4-2-5-3-6-7-4;1-4-5-2-3-6-7-4;1-4-2-5-6-3-4;1-6-3-2-5-4-6;1-6-4-2-3-5-6;1-4-2-3-5-6-4;1-2-4-5-3-1;10*1-2;;/h5H,3-4H2,1-2H3;2-4H,1H3;2-4H2,1H3;4*2-3H,1H3;2,4H,3H2,1H3;4H,2-3H2,1H3;3H,2,4H2,1H3;2-3H2,1H3;3H,1-2,4H2;10*1-2H3;;/q;;;;;;;-1;;;-1;;;;;;;;;;;;;. The van der Waals surface area contributed by atoms with Gasteiger partial charge in [0.2, 0.25) is 0 Å². The van der Waals surface area contributed by atoms with Crippen LogP contribution in [0, 0.1) is 46.5 Å². The van der Waals surface area contributed by atoms with Crippen molar-refractivity contribution in [2.24, 2.45) is 47.1 Å². The van der Waals surface area contributed by atoms with Gasteiger partial charge in [0.25, 0.3) is 0 Å². The molecule has 0 N–H and O–H groups in total. The fourth-order valence-corrected chi connectivity index (χ4v) is 5.45. The van der Waals surface area contributed by atoms with Gasteiger partial charge in [0, 0.05) is 149 Å². The van der Waals surface area contributed by atoms with Gasteiger partial charge in [-0.2, -0.15) is 30.6 Å². The molecule has 0 aromatic carbocycles. The zero-order valence-corrected chi connectivity index (χ0v) is 74.4. The zero-order valence-electron chi connectivity index (χ0n) is 68.8. The van der Waals surface area contributed by atoms with Crippen molar-refractivity contribution < 1.29 is 65.4 Å². The maximum absolute atomic E-state index is 4.23. The summed E-state index contributed by atoms with van der Waals surface area (Å²) in [7, 11) is 4.00. The minimum Gasteiger partial charge on any atom is -0.602 e. The molecule has 0 bridgehead atoms. The number of hydrazone groups is 1. The molecule has 0 saturated heterocycles. The molecule has 564 valence electrons. The number of hydrogen-bond donors (Lipinski definition) is 0. The molecule has 7 aliphatic heterocycles. The van der Waals surface area contributed by atoms with Crippen LogP contribution in [-0.4, -0.2) is 189 Å². The molecule has 27 heteroatoms. The van der Waals surface area contributed by atoms with Gasteiger partial charge in [0.15, 0.2) is 0 Å². The predicted molar refractivity (Wildman–Crippen MR) is 424 cm³/mol. The molecule has 12 rings (SSSR count). The van der Waals surface area contributed by atoms with Crippen molar-refractivity contribution in [2.75, 3.05) is 66.5 Å². The molecule has 5 aromatic rings. The summed E-state index contributed by atoms with van der Waals surface area (Å²) in [6.07, 6.45) is 31.7. The number of aryl methyl sites for hydroxylation is 5. The van der Waals surface area contributed by atoms with Gasteiger partial charge in [-0.1, -0.05) is 152 Å². The molecule has 7 aliphatic rings. The van der Waals surface area contributed by atoms with E-state index in [4.69, 9.17) is 0 Å². The van der Waals surface area contributed by atoms with Gasteiger partial charge in [-0.15, -0.1) is 28.4 Å². The van der Waals surface area contributed by atoms with Gasteiger partial charge in [0.1, 0.15) is 37.0 Å². The molecule has 99 heavy (non-hydrogen) atoms. The Morgan fingerprint density at radius 1 is 0.475 bits per heavy atom. The van der Waals surface area contributed by atoms with E-state index in [0.717, 1.165) is 99.6 Å². The van der Waals surface area contributed by atoms with Crippen LogP contribution >= 0.6 is 0 Å². The van der Waals surface area contributed by atoms with Gasteiger partial charge in [-0.05, 0) is 136 Å². The number of aromatic nitrogens is 14. The van der Waals surface area contributed by atoms with Crippen LogP contribution in [0.15, 0.2) is 104 Å². The maximum Gasteiger partial charge on any atom is 0.147 e. The van der Waals surface area contributed by atoms with Crippen molar-refractivity contribution in [3.05, 3.63) is 108 Å². The third kappa shape index (κ3) is 108. The largest absolute Gasteiger partial charge is 0.602 e. The van der Waals surface area contributed by atoms with E-state index in [1.165, 1.54) is 68.8 Å². The van der Waals surface area contributed by atoms with Crippen LogP contribution in [-0.2, 0) is 65.4 Å². The summed E-state index contributed by atoms with van der Waals surface area (Å²) >= 11 is 0. The zero-order chi connectivity index (χ0) is 76.4. The quantitative estimate of drug-likeness (QED) is 0.139. The molecular formula is C72H143N25Y2-2. The third-order valence-corrected chi connectivity index (χ3v) is 9.62. The second-order valence-electron chi connectivity index (χ2n) is 17.6. The molecule has 0 saturated carbocycles. The summed E-state index contributed by atoms with van der Waals surface area (Å²) in [4.78, 5) is 40.8. The van der Waals surface area contributed by atoms with Crippen molar-refractivity contribution in [3.8, 4) is 0 Å². The average Bonchev–Trinajstić information content (AvgIpc) is 3.51. The SMILES string of the molecule is C1=NCCC1.CC.CC.CC.CC.CC.CC.CC.CC.CC.CC.CC1=NCC(C)C1.CC1=NCCC1.CC1=N[N-]CC1.CC1C=N[N-]C1.CN1C=NCC1.CN1CCC=N1.Cc1ccnnc1.Cc1cncnn1.Cc1cnncn1.Cc1nccnn1.Cc1ncncn1.[Y].[Y]. The Bertz CT molecular complexity index is 2090. The number of likely N-dealkylation sites (N-methyl/N-ethyl adjacent to an activating group) is 1. The van der Waals surface area contributed by atoms with Crippen molar-refractivity contribution in [1.29, 1.82) is 0 Å². The Kier molecular flexibility index (Phi) is 135. The second-order valence-corrected chi connectivity index (χ2v) is 17.6. The fourth-order valence-electron chi connectivity index (χ4n) is 5.45. The number of nitrogens with zero attached hydrogens (tertiary/aromatic N) is 25. The van der Waals surface area contributed by atoms with Crippen LogP contribution < -0.4 is 0 Å². The minimum absolute atomic E-state index is 0. The molecule has 5 aromatic heterocycles. The van der Waals surface area contributed by atoms with E-state index in [1.807, 2.05) is 223 Å². The summed E-state index contributed by atoms with van der Waals surface area (Å²) in [5.74, 6) is 2.88. The smallest absolute Gasteiger partial charge is 0.147 e. The third-order valence-electron chi connectivity index (χ3n) is 9.62. The monoisotopic (exact) mass is 1540 g/mol. The van der Waals surface area contributed by atoms with E-state index in [0.29, 0.717) is 11.7 Å². The van der Waals surface area contributed by atoms with Crippen LogP contribution in [0.25, 0.3) is 10.9 Å². The first-order valence-corrected chi connectivity index (χ1v) is 35.7. The topological polar surface area (TPSA) is 302 Å². The first kappa shape index (κ1) is 120. The molecule has 2 radical (unpaired) electrons. The summed E-state index contributed by atoms with van der Waals surface area (Å²) in [6.45, 7) is 68.0. The summed E-state index contributed by atoms with van der Waals surface area (Å²) < 4.78 is 0. The van der Waals surface area contributed by atoms with E-state index in [9.17, 15) is 0 Å². The second kappa shape index (κ2) is 111. The first-order chi connectivity index (χ1) is 47.2. The average molecular weight is 1540 g/mol. The Hall–Kier alpha value is -5.78. The van der Waals surface area contributed by atoms with Crippen molar-refractivity contribution >= 4 is 42.1 Å².